The van der Waals surface area contributed by atoms with Crippen molar-refractivity contribution in [1.29, 1.82) is 0 Å². The van der Waals surface area contributed by atoms with Crippen LogP contribution in [0.3, 0.4) is 0 Å². The van der Waals surface area contributed by atoms with Gasteiger partial charge in [-0.2, -0.15) is 0 Å². The smallest absolute Gasteiger partial charge is 0.305 e. The molecule has 0 bridgehead atoms. The summed E-state index contributed by atoms with van der Waals surface area (Å²) >= 11 is 0. The molecule has 2 N–H and O–H groups in total. The minimum absolute atomic E-state index is 0.154. The van der Waals surface area contributed by atoms with E-state index in [0.29, 0.717) is 11.1 Å². The van der Waals surface area contributed by atoms with Crippen molar-refractivity contribution in [2.24, 2.45) is 0 Å². The zero-order valence-electron chi connectivity index (χ0n) is 12.1. The van der Waals surface area contributed by atoms with Gasteiger partial charge in [-0.05, 0) is 24.1 Å². The fourth-order valence-electron chi connectivity index (χ4n) is 2.20. The van der Waals surface area contributed by atoms with Crippen LogP contribution in [0.5, 0.6) is 0 Å². The summed E-state index contributed by atoms with van der Waals surface area (Å²) in [7, 11) is -3.80. The monoisotopic (exact) mass is 319 g/mol. The Morgan fingerprint density at radius 2 is 1.68 bits per heavy atom. The summed E-state index contributed by atoms with van der Waals surface area (Å²) in [6, 6.07) is 14.4. The molecule has 5 nitrogen and oxygen atoms in total. The van der Waals surface area contributed by atoms with E-state index in [0.717, 1.165) is 0 Å². The van der Waals surface area contributed by atoms with E-state index in [-0.39, 0.29) is 11.3 Å². The second-order valence-corrected chi connectivity index (χ2v) is 6.63. The molecule has 0 saturated heterocycles. The van der Waals surface area contributed by atoms with Crippen LogP contribution >= 0.6 is 0 Å². The largest absolute Gasteiger partial charge is 0.481 e. The van der Waals surface area contributed by atoms with Crippen molar-refractivity contribution in [3.05, 3.63) is 65.7 Å². The fraction of sp³-hybridized carbons (Fsp3) is 0.188. The maximum atomic E-state index is 12.5. The highest BCUT2D eigenvalue weighted by Crippen LogP contribution is 2.21. The van der Waals surface area contributed by atoms with Crippen molar-refractivity contribution in [3.63, 3.8) is 0 Å². The molecule has 0 aliphatic rings. The Kier molecular flexibility index (Phi) is 4.95. The Hall–Kier alpha value is -2.18. The lowest BCUT2D eigenvalue weighted by Gasteiger charge is -2.18. The van der Waals surface area contributed by atoms with E-state index in [2.05, 4.69) is 4.72 Å². The molecule has 0 aliphatic heterocycles. The average molecular weight is 319 g/mol. The first kappa shape index (κ1) is 16.2. The highest BCUT2D eigenvalue weighted by molar-refractivity contribution is 7.89. The molecule has 0 aliphatic carbocycles. The van der Waals surface area contributed by atoms with Crippen molar-refractivity contribution >= 4 is 16.0 Å². The van der Waals surface area contributed by atoms with Gasteiger partial charge in [0.1, 0.15) is 0 Å². The van der Waals surface area contributed by atoms with Crippen molar-refractivity contribution in [2.75, 3.05) is 0 Å². The molecular weight excluding hydrogens is 302 g/mol. The molecule has 0 amide bonds. The van der Waals surface area contributed by atoms with Crippen molar-refractivity contribution in [3.8, 4) is 0 Å². The van der Waals surface area contributed by atoms with Gasteiger partial charge >= 0.3 is 5.97 Å². The number of sulfonamides is 1. The van der Waals surface area contributed by atoms with Crippen LogP contribution in [0.4, 0.5) is 0 Å². The molecule has 1 atom stereocenters. The van der Waals surface area contributed by atoms with Crippen molar-refractivity contribution < 1.29 is 18.3 Å². The first-order valence-electron chi connectivity index (χ1n) is 6.75. The topological polar surface area (TPSA) is 83.5 Å². The minimum Gasteiger partial charge on any atom is -0.481 e. The van der Waals surface area contributed by atoms with Gasteiger partial charge in [0.25, 0.3) is 0 Å². The number of benzene rings is 2. The summed E-state index contributed by atoms with van der Waals surface area (Å²) in [5.41, 5.74) is 1.22. The molecule has 116 valence electrons. The molecule has 2 aromatic carbocycles. The molecule has 0 radical (unpaired) electrons. The molecule has 22 heavy (non-hydrogen) atoms. The molecule has 0 aromatic heterocycles. The van der Waals surface area contributed by atoms with Gasteiger partial charge in [-0.3, -0.25) is 4.79 Å². The number of hydrogen-bond acceptors (Lipinski definition) is 3. The van der Waals surface area contributed by atoms with Gasteiger partial charge in [-0.1, -0.05) is 48.5 Å². The van der Waals surface area contributed by atoms with Crippen LogP contribution in [0.15, 0.2) is 59.5 Å². The lowest BCUT2D eigenvalue weighted by Crippen LogP contribution is -2.30. The van der Waals surface area contributed by atoms with Gasteiger partial charge in [0, 0.05) is 0 Å². The number of carbonyl (C=O) groups is 1. The molecule has 6 heteroatoms. The third-order valence-electron chi connectivity index (χ3n) is 3.26. The second-order valence-electron chi connectivity index (χ2n) is 4.95. The van der Waals surface area contributed by atoms with Crippen LogP contribution in [-0.4, -0.2) is 19.5 Å². The number of rotatable bonds is 6. The Morgan fingerprint density at radius 1 is 1.09 bits per heavy atom. The van der Waals surface area contributed by atoms with Crippen LogP contribution in [0.1, 0.15) is 23.6 Å². The van der Waals surface area contributed by atoms with Gasteiger partial charge in [-0.15, -0.1) is 0 Å². The summed E-state index contributed by atoms with van der Waals surface area (Å²) in [5.74, 6) is -1.07. The van der Waals surface area contributed by atoms with Crippen LogP contribution in [0, 0.1) is 6.92 Å². The Morgan fingerprint density at radius 3 is 2.27 bits per heavy atom. The van der Waals surface area contributed by atoms with E-state index in [1.165, 1.54) is 6.07 Å². The maximum Gasteiger partial charge on any atom is 0.305 e. The number of aliphatic carboxylic acids is 1. The molecule has 0 spiro atoms. The van der Waals surface area contributed by atoms with Crippen LogP contribution in [-0.2, 0) is 14.8 Å². The third-order valence-corrected chi connectivity index (χ3v) is 4.89. The van der Waals surface area contributed by atoms with Crippen molar-refractivity contribution in [2.45, 2.75) is 24.3 Å². The lowest BCUT2D eigenvalue weighted by molar-refractivity contribution is -0.137. The molecule has 2 aromatic rings. The number of aryl methyl sites for hydroxylation is 1. The lowest BCUT2D eigenvalue weighted by atomic mass is 10.1. The highest BCUT2D eigenvalue weighted by Gasteiger charge is 2.24. The first-order valence-corrected chi connectivity index (χ1v) is 8.23. The second kappa shape index (κ2) is 6.72. The number of carboxylic acids is 1. The van der Waals surface area contributed by atoms with Gasteiger partial charge in [0.2, 0.25) is 10.0 Å². The maximum absolute atomic E-state index is 12.5. The Bertz CT molecular complexity index is 757. The summed E-state index contributed by atoms with van der Waals surface area (Å²) in [6.07, 6.45) is -0.324. The van der Waals surface area contributed by atoms with Crippen LogP contribution in [0.2, 0.25) is 0 Å². The SMILES string of the molecule is Cc1ccccc1S(=O)(=O)N[C@@H](CC(=O)O)c1ccccc1. The van der Waals surface area contributed by atoms with E-state index in [9.17, 15) is 13.2 Å². The van der Waals surface area contributed by atoms with Crippen molar-refractivity contribution in [1.82, 2.24) is 4.72 Å². The molecule has 2 rings (SSSR count). The zero-order chi connectivity index (χ0) is 16.2. The summed E-state index contributed by atoms with van der Waals surface area (Å²) in [5, 5.41) is 9.03. The molecule has 0 unspecified atom stereocenters. The standard InChI is InChI=1S/C16H17NO4S/c1-12-7-5-6-10-15(12)22(20,21)17-14(11-16(18)19)13-8-3-2-4-9-13/h2-10,14,17H,11H2,1H3,(H,18,19)/t14-/m0/s1. The predicted octanol–water partition coefficient (Wildman–Crippen LogP) is 2.49. The van der Waals surface area contributed by atoms with E-state index in [1.807, 2.05) is 0 Å². The zero-order valence-corrected chi connectivity index (χ0v) is 12.9. The van der Waals surface area contributed by atoms with Crippen LogP contribution in [0.25, 0.3) is 0 Å². The summed E-state index contributed by atoms with van der Waals surface area (Å²) in [4.78, 5) is 11.2. The number of hydrogen-bond donors (Lipinski definition) is 2. The number of carboxylic acid groups (broad SMARTS) is 1. The third kappa shape index (κ3) is 3.93. The quantitative estimate of drug-likeness (QED) is 0.857. The Labute approximate surface area is 129 Å². The average Bonchev–Trinajstić information content (AvgIpc) is 2.47. The Balaban J connectivity index is 2.35. The molecule has 0 saturated carbocycles. The van der Waals surface area contributed by atoms with Gasteiger partial charge in [0.15, 0.2) is 0 Å². The summed E-state index contributed by atoms with van der Waals surface area (Å²) in [6.45, 7) is 1.70. The molecular formula is C16H17NO4S. The van der Waals surface area contributed by atoms with Gasteiger partial charge in [0.05, 0.1) is 17.4 Å². The minimum atomic E-state index is -3.80. The normalized spacial score (nSPS) is 12.8. The van der Waals surface area contributed by atoms with E-state index >= 15 is 0 Å². The fourth-order valence-corrected chi connectivity index (χ4v) is 3.67. The predicted molar refractivity (Wildman–Crippen MR) is 82.9 cm³/mol. The number of nitrogens with one attached hydrogen (secondary N) is 1. The van der Waals surface area contributed by atoms with E-state index in [4.69, 9.17) is 5.11 Å². The van der Waals surface area contributed by atoms with Crippen LogP contribution < -0.4 is 4.72 Å². The molecule has 0 fully saturated rings. The van der Waals surface area contributed by atoms with Gasteiger partial charge < -0.3 is 5.11 Å². The van der Waals surface area contributed by atoms with E-state index < -0.39 is 22.0 Å². The first-order chi connectivity index (χ1) is 10.4. The summed E-state index contributed by atoms with van der Waals surface area (Å²) < 4.78 is 27.5. The van der Waals surface area contributed by atoms with E-state index in [1.54, 1.807) is 55.5 Å². The highest BCUT2D eigenvalue weighted by atomic mass is 32.2. The van der Waals surface area contributed by atoms with Gasteiger partial charge in [-0.25, -0.2) is 13.1 Å². The molecule has 0 heterocycles.